The van der Waals surface area contributed by atoms with Gasteiger partial charge in [-0.1, -0.05) is 31.6 Å². The summed E-state index contributed by atoms with van der Waals surface area (Å²) in [5.41, 5.74) is -1.92. The first-order chi connectivity index (χ1) is 19.9. The molecule has 12 heteroatoms. The lowest BCUT2D eigenvalue weighted by Gasteiger charge is -2.58. The molecule has 0 spiro atoms. The number of rotatable bonds is 10. The number of nitrogens with zero attached hydrogens (tertiary/aromatic N) is 3. The van der Waals surface area contributed by atoms with E-state index in [1.807, 2.05) is 17.9 Å². The van der Waals surface area contributed by atoms with E-state index in [0.717, 1.165) is 5.57 Å². The molecule has 0 amide bonds. The highest BCUT2D eigenvalue weighted by atomic mass is 16.9. The molecule has 0 aromatic heterocycles. The molecule has 232 valence electrons. The Bertz CT molecular complexity index is 1160. The number of ketones is 2. The molecule has 2 saturated carbocycles. The average molecular weight is 590 g/mol. The SMILES string of the molecule is CC12C=CC(=O)CC1=CCC1C2C(O)CC2(C)C1CC[C@]2(O)C(=O)COC(=O)CN1CCN(CCCO[N+](=O)[O-])CC1. The third-order valence-electron chi connectivity index (χ3n) is 11.1. The molecule has 42 heavy (non-hydrogen) atoms. The molecule has 1 heterocycles. The topological polar surface area (TPSA) is 160 Å². The van der Waals surface area contributed by atoms with Crippen LogP contribution in [0.4, 0.5) is 0 Å². The Morgan fingerprint density at radius 2 is 1.90 bits per heavy atom. The van der Waals surface area contributed by atoms with Crippen molar-refractivity contribution in [3.8, 4) is 0 Å². The summed E-state index contributed by atoms with van der Waals surface area (Å²) >= 11 is 0. The summed E-state index contributed by atoms with van der Waals surface area (Å²) in [5, 5.41) is 32.8. The van der Waals surface area contributed by atoms with Gasteiger partial charge in [-0.2, -0.15) is 0 Å². The highest BCUT2D eigenvalue weighted by Crippen LogP contribution is 2.66. The van der Waals surface area contributed by atoms with E-state index >= 15 is 0 Å². The maximum atomic E-state index is 13.5. The van der Waals surface area contributed by atoms with E-state index in [-0.39, 0.29) is 49.5 Å². The zero-order valence-electron chi connectivity index (χ0n) is 24.5. The summed E-state index contributed by atoms with van der Waals surface area (Å²) in [6, 6.07) is 0. The number of aliphatic hydroxyl groups is 2. The van der Waals surface area contributed by atoms with Gasteiger partial charge >= 0.3 is 5.97 Å². The molecule has 0 aromatic rings. The van der Waals surface area contributed by atoms with Crippen LogP contribution in [0.2, 0.25) is 0 Å². The molecular weight excluding hydrogens is 546 g/mol. The predicted molar refractivity (Wildman–Crippen MR) is 149 cm³/mol. The van der Waals surface area contributed by atoms with Gasteiger partial charge in [0.2, 0.25) is 5.78 Å². The maximum Gasteiger partial charge on any atom is 0.320 e. The number of hydrogen-bond acceptors (Lipinski definition) is 11. The van der Waals surface area contributed by atoms with Crippen molar-refractivity contribution in [2.75, 3.05) is 52.5 Å². The molecule has 6 unspecified atom stereocenters. The van der Waals surface area contributed by atoms with E-state index in [9.17, 15) is 34.7 Å². The number of fused-ring (bicyclic) bond motifs is 5. The van der Waals surface area contributed by atoms with Gasteiger partial charge in [0.25, 0.3) is 5.09 Å². The molecule has 5 aliphatic rings. The predicted octanol–water partition coefficient (Wildman–Crippen LogP) is 1.32. The zero-order chi connectivity index (χ0) is 30.3. The number of carbonyl (C=O) groups excluding carboxylic acids is 3. The van der Waals surface area contributed by atoms with Crippen molar-refractivity contribution >= 4 is 17.5 Å². The first kappa shape index (κ1) is 30.8. The summed E-state index contributed by atoms with van der Waals surface area (Å²) in [5.74, 6) is -0.991. The van der Waals surface area contributed by atoms with Gasteiger partial charge in [-0.25, -0.2) is 0 Å². The summed E-state index contributed by atoms with van der Waals surface area (Å²) < 4.78 is 5.37. The van der Waals surface area contributed by atoms with E-state index in [2.05, 4.69) is 22.7 Å². The number of esters is 1. The molecule has 12 nitrogen and oxygen atoms in total. The number of carbonyl (C=O) groups is 3. The quantitative estimate of drug-likeness (QED) is 0.124. The third kappa shape index (κ3) is 5.54. The number of hydrogen-bond donors (Lipinski definition) is 2. The van der Waals surface area contributed by atoms with Gasteiger partial charge in [-0.05, 0) is 50.0 Å². The van der Waals surface area contributed by atoms with Gasteiger partial charge in [0, 0.05) is 55.9 Å². The Labute approximate surface area is 245 Å². The van der Waals surface area contributed by atoms with E-state index < -0.39 is 46.0 Å². The molecule has 2 N–H and O–H groups in total. The largest absolute Gasteiger partial charge is 0.457 e. The van der Waals surface area contributed by atoms with Crippen molar-refractivity contribution in [2.45, 2.75) is 64.1 Å². The zero-order valence-corrected chi connectivity index (χ0v) is 24.5. The van der Waals surface area contributed by atoms with E-state index in [1.54, 1.807) is 6.08 Å². The maximum absolute atomic E-state index is 13.5. The highest BCUT2D eigenvalue weighted by molar-refractivity contribution is 5.93. The molecule has 0 radical (unpaired) electrons. The smallest absolute Gasteiger partial charge is 0.320 e. The van der Waals surface area contributed by atoms with Crippen LogP contribution in [0.3, 0.4) is 0 Å². The van der Waals surface area contributed by atoms with Gasteiger partial charge in [0.1, 0.15) is 5.60 Å². The number of ether oxygens (including phenoxy) is 1. The Morgan fingerprint density at radius 3 is 2.62 bits per heavy atom. The van der Waals surface area contributed by atoms with Crippen LogP contribution < -0.4 is 0 Å². The highest BCUT2D eigenvalue weighted by Gasteiger charge is 2.68. The molecular formula is C30H43N3O9. The number of aliphatic hydroxyl groups excluding tert-OH is 1. The Kier molecular flexibility index (Phi) is 8.63. The molecule has 0 bridgehead atoms. The fraction of sp³-hybridized carbons (Fsp3) is 0.767. The lowest BCUT2D eigenvalue weighted by molar-refractivity contribution is -0.757. The van der Waals surface area contributed by atoms with Crippen molar-refractivity contribution in [1.29, 1.82) is 0 Å². The number of piperazine rings is 1. The molecule has 7 atom stereocenters. The second-order valence-corrected chi connectivity index (χ2v) is 13.2. The molecule has 3 fully saturated rings. The van der Waals surface area contributed by atoms with Gasteiger partial charge in [-0.15, -0.1) is 10.1 Å². The second-order valence-electron chi connectivity index (χ2n) is 13.2. The van der Waals surface area contributed by atoms with Crippen LogP contribution in [0.1, 0.15) is 52.4 Å². The van der Waals surface area contributed by atoms with Crippen LogP contribution >= 0.6 is 0 Å². The van der Waals surface area contributed by atoms with Gasteiger partial charge in [-0.3, -0.25) is 19.3 Å². The van der Waals surface area contributed by atoms with E-state index in [0.29, 0.717) is 58.4 Å². The summed E-state index contributed by atoms with van der Waals surface area (Å²) in [7, 11) is 0. The minimum absolute atomic E-state index is 0.0126. The number of allylic oxidation sites excluding steroid dienone is 4. The molecule has 4 aliphatic carbocycles. The fourth-order valence-electron chi connectivity index (χ4n) is 8.79. The van der Waals surface area contributed by atoms with Gasteiger partial charge in [0.05, 0.1) is 19.3 Å². The van der Waals surface area contributed by atoms with Crippen LogP contribution in [-0.2, 0) is 24.0 Å². The van der Waals surface area contributed by atoms with Crippen LogP contribution in [0.25, 0.3) is 0 Å². The Hall–Kier alpha value is -2.67. The van der Waals surface area contributed by atoms with Crippen LogP contribution in [0.5, 0.6) is 0 Å². The average Bonchev–Trinajstić information content (AvgIpc) is 3.21. The summed E-state index contributed by atoms with van der Waals surface area (Å²) in [6.45, 7) is 6.90. The molecule has 1 aliphatic heterocycles. The van der Waals surface area contributed by atoms with Crippen molar-refractivity contribution < 1.29 is 39.3 Å². The van der Waals surface area contributed by atoms with E-state index in [4.69, 9.17) is 4.74 Å². The second kappa shape index (κ2) is 11.8. The van der Waals surface area contributed by atoms with E-state index in [1.165, 1.54) is 0 Å². The first-order valence-electron chi connectivity index (χ1n) is 15.1. The van der Waals surface area contributed by atoms with Gasteiger partial charge < -0.3 is 24.7 Å². The minimum Gasteiger partial charge on any atom is -0.457 e. The van der Waals surface area contributed by atoms with Crippen LogP contribution in [0.15, 0.2) is 23.8 Å². The number of Topliss-reactive ketones (excluding diaryl/α,β-unsaturated/α-hetero) is 1. The standard InChI is InChI=1S/C30H43N3O9/c1-28-8-6-21(34)16-20(28)4-5-22-23-7-9-30(38,29(23,2)17-24(35)27(22)28)25(36)19-41-26(37)18-32-13-11-31(12-14-32)10-3-15-42-33(39)40/h4,6,8,22-24,27,35,38H,3,5,7,9-19H2,1-2H3/t22?,23?,24?,27?,28?,29?,30-/m0/s1. The van der Waals surface area contributed by atoms with Crippen LogP contribution in [0, 0.1) is 38.7 Å². The Morgan fingerprint density at radius 1 is 1.19 bits per heavy atom. The van der Waals surface area contributed by atoms with Crippen molar-refractivity contribution in [3.05, 3.63) is 33.9 Å². The normalized spacial score (nSPS) is 38.2. The third-order valence-corrected chi connectivity index (χ3v) is 11.1. The van der Waals surface area contributed by atoms with Gasteiger partial charge in [0.15, 0.2) is 12.4 Å². The van der Waals surface area contributed by atoms with Crippen molar-refractivity contribution in [1.82, 2.24) is 9.80 Å². The van der Waals surface area contributed by atoms with Crippen LogP contribution in [-0.4, -0.2) is 107 Å². The molecule has 1 saturated heterocycles. The monoisotopic (exact) mass is 589 g/mol. The Balaban J connectivity index is 1.14. The van der Waals surface area contributed by atoms with Crippen molar-refractivity contribution in [2.24, 2.45) is 28.6 Å². The minimum atomic E-state index is -1.70. The summed E-state index contributed by atoms with van der Waals surface area (Å²) in [6.07, 6.45) is 7.73. The lowest BCUT2D eigenvalue weighted by atomic mass is 9.47. The van der Waals surface area contributed by atoms with Crippen molar-refractivity contribution in [3.63, 3.8) is 0 Å². The molecule has 0 aromatic carbocycles. The molecule has 5 rings (SSSR count). The first-order valence-corrected chi connectivity index (χ1v) is 15.1. The lowest BCUT2D eigenvalue weighted by Crippen LogP contribution is -2.61. The summed E-state index contributed by atoms with van der Waals surface area (Å²) in [4.78, 5) is 56.8. The fourth-order valence-corrected chi connectivity index (χ4v) is 8.79.